The molecule has 0 spiro atoms. The zero-order valence-corrected chi connectivity index (χ0v) is 6.16. The van der Waals surface area contributed by atoms with Crippen molar-refractivity contribution >= 4 is 6.09 Å². The van der Waals surface area contributed by atoms with E-state index in [2.05, 4.69) is 0 Å². The van der Waals surface area contributed by atoms with Gasteiger partial charge in [0.2, 0.25) is 0 Å². The van der Waals surface area contributed by atoms with Crippen molar-refractivity contribution in [3.05, 3.63) is 0 Å². The predicted octanol–water partition coefficient (Wildman–Crippen LogP) is -0.940. The monoisotopic (exact) mass is 160 g/mol. The number of nitrogens with two attached hydrogens (primary N) is 1. The second-order valence-corrected chi connectivity index (χ2v) is 2.97. The molecular weight excluding hydrogens is 148 g/mol. The summed E-state index contributed by atoms with van der Waals surface area (Å²) in [6, 6.07) is 0. The summed E-state index contributed by atoms with van der Waals surface area (Å²) in [4.78, 5) is 11.6. The van der Waals surface area contributed by atoms with E-state index < -0.39 is 11.6 Å². The van der Waals surface area contributed by atoms with Crippen molar-refractivity contribution in [1.82, 2.24) is 4.90 Å². The number of aliphatic hydroxyl groups is 1. The minimum atomic E-state index is -0.967. The van der Waals surface area contributed by atoms with Crippen LogP contribution in [0.1, 0.15) is 6.42 Å². The highest BCUT2D eigenvalue weighted by Gasteiger charge is 2.35. The number of likely N-dealkylation sites (tertiary alicyclic amines) is 1. The molecule has 0 unspecified atom stereocenters. The van der Waals surface area contributed by atoms with E-state index in [0.29, 0.717) is 13.0 Å². The summed E-state index contributed by atoms with van der Waals surface area (Å²) >= 11 is 0. The lowest BCUT2D eigenvalue weighted by atomic mass is 10.0. The van der Waals surface area contributed by atoms with Gasteiger partial charge in [0.15, 0.2) is 0 Å². The maximum Gasteiger partial charge on any atom is 0.407 e. The molecule has 4 N–H and O–H groups in total. The summed E-state index contributed by atoms with van der Waals surface area (Å²) in [5, 5.41) is 17.3. The third-order valence-corrected chi connectivity index (χ3v) is 1.97. The number of hydrogen-bond donors (Lipinski definition) is 3. The van der Waals surface area contributed by atoms with Crippen LogP contribution >= 0.6 is 0 Å². The van der Waals surface area contributed by atoms with Gasteiger partial charge in [0.25, 0.3) is 0 Å². The van der Waals surface area contributed by atoms with Gasteiger partial charge in [-0.05, 0) is 6.42 Å². The number of carboxylic acid groups (broad SMARTS) is 1. The van der Waals surface area contributed by atoms with Crippen LogP contribution in [0.2, 0.25) is 0 Å². The van der Waals surface area contributed by atoms with Gasteiger partial charge in [-0.15, -0.1) is 0 Å². The zero-order valence-electron chi connectivity index (χ0n) is 6.16. The van der Waals surface area contributed by atoms with Gasteiger partial charge in [0.1, 0.15) is 0 Å². The molecule has 1 saturated heterocycles. The molecule has 1 rings (SSSR count). The van der Waals surface area contributed by atoms with Crippen molar-refractivity contribution in [2.75, 3.05) is 19.7 Å². The van der Waals surface area contributed by atoms with Gasteiger partial charge in [0.05, 0.1) is 12.1 Å². The first kappa shape index (κ1) is 8.29. The van der Waals surface area contributed by atoms with Crippen LogP contribution in [0.15, 0.2) is 0 Å². The highest BCUT2D eigenvalue weighted by molar-refractivity contribution is 5.65. The maximum atomic E-state index is 10.4. The van der Waals surface area contributed by atoms with Gasteiger partial charge in [-0.2, -0.15) is 0 Å². The Morgan fingerprint density at radius 2 is 2.36 bits per heavy atom. The Balaban J connectivity index is 2.53. The van der Waals surface area contributed by atoms with Crippen LogP contribution in [0.4, 0.5) is 4.79 Å². The second kappa shape index (κ2) is 2.67. The van der Waals surface area contributed by atoms with Gasteiger partial charge >= 0.3 is 6.09 Å². The first-order valence-corrected chi connectivity index (χ1v) is 3.45. The average Bonchev–Trinajstić information content (AvgIpc) is 2.33. The minimum Gasteiger partial charge on any atom is -0.465 e. The minimum absolute atomic E-state index is 0.156. The molecule has 1 aliphatic rings. The van der Waals surface area contributed by atoms with Crippen molar-refractivity contribution in [3.63, 3.8) is 0 Å². The average molecular weight is 160 g/mol. The van der Waals surface area contributed by atoms with Crippen LogP contribution < -0.4 is 5.73 Å². The molecule has 5 nitrogen and oxygen atoms in total. The molecule has 0 bridgehead atoms. The quantitative estimate of drug-likeness (QED) is 0.462. The largest absolute Gasteiger partial charge is 0.465 e. The molecule has 0 aromatic rings. The molecule has 0 saturated carbocycles. The van der Waals surface area contributed by atoms with Gasteiger partial charge in [-0.3, -0.25) is 0 Å². The van der Waals surface area contributed by atoms with Crippen LogP contribution in [0.5, 0.6) is 0 Å². The third kappa shape index (κ3) is 1.61. The molecule has 0 aromatic heterocycles. The van der Waals surface area contributed by atoms with E-state index in [1.807, 2.05) is 0 Å². The Hall–Kier alpha value is -0.810. The van der Waals surface area contributed by atoms with Crippen LogP contribution in [-0.4, -0.2) is 46.4 Å². The lowest BCUT2D eigenvalue weighted by Crippen LogP contribution is -2.46. The number of nitrogens with zero attached hydrogens (tertiary/aromatic N) is 1. The number of carbonyl (C=O) groups is 1. The molecule has 0 radical (unpaired) electrons. The maximum absolute atomic E-state index is 10.4. The van der Waals surface area contributed by atoms with Gasteiger partial charge in [0, 0.05) is 13.1 Å². The summed E-state index contributed by atoms with van der Waals surface area (Å²) in [7, 11) is 0. The highest BCUT2D eigenvalue weighted by Crippen LogP contribution is 2.17. The van der Waals surface area contributed by atoms with Crippen molar-refractivity contribution < 1.29 is 15.0 Å². The summed E-state index contributed by atoms with van der Waals surface area (Å²) in [5.41, 5.74) is 4.92. The van der Waals surface area contributed by atoms with Gasteiger partial charge in [-0.1, -0.05) is 0 Å². The second-order valence-electron chi connectivity index (χ2n) is 2.97. The Labute approximate surface area is 64.4 Å². The molecule has 64 valence electrons. The number of amides is 1. The molecule has 1 aliphatic heterocycles. The molecule has 1 fully saturated rings. The lowest BCUT2D eigenvalue weighted by Gasteiger charge is -2.20. The first-order chi connectivity index (χ1) is 5.07. The molecular formula is C6H12N2O3. The molecule has 1 heterocycles. The topological polar surface area (TPSA) is 86.8 Å². The number of rotatable bonds is 1. The van der Waals surface area contributed by atoms with Gasteiger partial charge in [-0.25, -0.2) is 4.79 Å². The van der Waals surface area contributed by atoms with Gasteiger partial charge < -0.3 is 20.8 Å². The van der Waals surface area contributed by atoms with Crippen molar-refractivity contribution in [2.24, 2.45) is 5.73 Å². The molecule has 5 heteroatoms. The Bertz CT molecular complexity index is 173. The zero-order chi connectivity index (χ0) is 8.48. The van der Waals surface area contributed by atoms with Crippen LogP contribution in [0, 0.1) is 0 Å². The summed E-state index contributed by atoms with van der Waals surface area (Å²) < 4.78 is 0. The lowest BCUT2D eigenvalue weighted by molar-refractivity contribution is 0.146. The highest BCUT2D eigenvalue weighted by atomic mass is 16.4. The van der Waals surface area contributed by atoms with Crippen LogP contribution in [-0.2, 0) is 0 Å². The fourth-order valence-corrected chi connectivity index (χ4v) is 1.19. The number of aliphatic hydroxyl groups excluding tert-OH is 1. The summed E-state index contributed by atoms with van der Waals surface area (Å²) in [5.74, 6) is 0. The standard InChI is InChI=1S/C6H12N2O3/c7-6(4-9)1-2-8(3-6)5(10)11/h9H,1-4,7H2,(H,10,11)/t6-/m0/s1. The number of hydrogen-bond acceptors (Lipinski definition) is 3. The molecule has 1 amide bonds. The van der Waals surface area contributed by atoms with Crippen molar-refractivity contribution in [3.8, 4) is 0 Å². The Morgan fingerprint density at radius 3 is 2.64 bits per heavy atom. The molecule has 1 atom stereocenters. The summed E-state index contributed by atoms with van der Waals surface area (Å²) in [6.07, 6.45) is -0.429. The smallest absolute Gasteiger partial charge is 0.407 e. The Morgan fingerprint density at radius 1 is 1.73 bits per heavy atom. The SMILES string of the molecule is N[C@@]1(CO)CCN(C(=O)O)C1. The van der Waals surface area contributed by atoms with E-state index >= 15 is 0 Å². The fourth-order valence-electron chi connectivity index (χ4n) is 1.19. The van der Waals surface area contributed by atoms with Crippen molar-refractivity contribution in [2.45, 2.75) is 12.0 Å². The molecule has 0 aliphatic carbocycles. The Kier molecular flexibility index (Phi) is 2.01. The predicted molar refractivity (Wildman–Crippen MR) is 38.2 cm³/mol. The normalized spacial score (nSPS) is 30.9. The van der Waals surface area contributed by atoms with Crippen LogP contribution in [0.3, 0.4) is 0 Å². The summed E-state index contributed by atoms with van der Waals surface area (Å²) in [6.45, 7) is 0.502. The van der Waals surface area contributed by atoms with E-state index in [-0.39, 0.29) is 13.2 Å². The van der Waals surface area contributed by atoms with Crippen molar-refractivity contribution in [1.29, 1.82) is 0 Å². The first-order valence-electron chi connectivity index (χ1n) is 3.45. The van der Waals surface area contributed by atoms with Crippen LogP contribution in [0.25, 0.3) is 0 Å². The third-order valence-electron chi connectivity index (χ3n) is 1.97. The fraction of sp³-hybridized carbons (Fsp3) is 0.833. The van der Waals surface area contributed by atoms with E-state index in [0.717, 1.165) is 0 Å². The van der Waals surface area contributed by atoms with E-state index in [1.54, 1.807) is 0 Å². The molecule has 11 heavy (non-hydrogen) atoms. The van der Waals surface area contributed by atoms with E-state index in [9.17, 15) is 4.79 Å². The van der Waals surface area contributed by atoms with E-state index in [4.69, 9.17) is 15.9 Å². The molecule has 0 aromatic carbocycles. The van der Waals surface area contributed by atoms with E-state index in [1.165, 1.54) is 4.90 Å².